The van der Waals surface area contributed by atoms with Crippen LogP contribution in [0.25, 0.3) is 11.3 Å². The standard InChI is InChI=1S/C27H29Cl2N3O4/c1-18-25(26(30-36-18)19-5-3-2-4-6-19)27(33)32-13-14-34-22(17-32)16-31-11-9-20(10-12-31)35-21-7-8-23(28)24(29)15-21/h2-8,15,20,22H,9-14,16-17H2,1H3. The Balaban J connectivity index is 1.16. The molecule has 1 amide bonds. The van der Waals surface area contributed by atoms with Crippen LogP contribution >= 0.6 is 23.2 Å². The summed E-state index contributed by atoms with van der Waals surface area (Å²) in [6.45, 7) is 5.97. The van der Waals surface area contributed by atoms with Gasteiger partial charge < -0.3 is 23.8 Å². The molecule has 2 aliphatic rings. The Morgan fingerprint density at radius 1 is 1.08 bits per heavy atom. The first-order valence-electron chi connectivity index (χ1n) is 12.2. The van der Waals surface area contributed by atoms with Crippen LogP contribution in [-0.2, 0) is 4.74 Å². The number of amides is 1. The van der Waals surface area contributed by atoms with Crippen LogP contribution in [0.4, 0.5) is 0 Å². The van der Waals surface area contributed by atoms with E-state index in [1.165, 1.54) is 0 Å². The van der Waals surface area contributed by atoms with Gasteiger partial charge in [0.2, 0.25) is 0 Å². The number of aryl methyl sites for hydroxylation is 1. The van der Waals surface area contributed by atoms with E-state index in [0.717, 1.165) is 43.8 Å². The number of likely N-dealkylation sites (tertiary alicyclic amines) is 1. The first kappa shape index (κ1) is 25.1. The Kier molecular flexibility index (Phi) is 7.82. The number of nitrogens with zero attached hydrogens (tertiary/aromatic N) is 3. The van der Waals surface area contributed by atoms with Crippen LogP contribution in [0.2, 0.25) is 10.0 Å². The van der Waals surface area contributed by atoms with E-state index in [1.807, 2.05) is 41.3 Å². The summed E-state index contributed by atoms with van der Waals surface area (Å²) in [7, 11) is 0. The van der Waals surface area contributed by atoms with Gasteiger partial charge in [0.25, 0.3) is 5.91 Å². The van der Waals surface area contributed by atoms with Gasteiger partial charge in [0.1, 0.15) is 28.9 Å². The summed E-state index contributed by atoms with van der Waals surface area (Å²) in [4.78, 5) is 17.7. The lowest BCUT2D eigenvalue weighted by Crippen LogP contribution is -2.51. The molecule has 1 unspecified atom stereocenters. The van der Waals surface area contributed by atoms with Crippen LogP contribution in [0.1, 0.15) is 29.0 Å². The summed E-state index contributed by atoms with van der Waals surface area (Å²) in [6, 6.07) is 15.0. The molecule has 1 aromatic heterocycles. The van der Waals surface area contributed by atoms with E-state index in [4.69, 9.17) is 37.2 Å². The normalized spacial score (nSPS) is 19.4. The van der Waals surface area contributed by atoms with E-state index in [0.29, 0.717) is 46.8 Å². The van der Waals surface area contributed by atoms with E-state index >= 15 is 0 Å². The molecule has 7 nitrogen and oxygen atoms in total. The Hall–Kier alpha value is -2.58. The predicted octanol–water partition coefficient (Wildman–Crippen LogP) is 5.34. The molecule has 0 aliphatic carbocycles. The third-order valence-corrected chi connectivity index (χ3v) is 7.48. The lowest BCUT2D eigenvalue weighted by molar-refractivity contribution is -0.0414. The summed E-state index contributed by atoms with van der Waals surface area (Å²) in [5.41, 5.74) is 1.99. The van der Waals surface area contributed by atoms with Crippen molar-refractivity contribution in [2.24, 2.45) is 0 Å². The number of hydrogen-bond acceptors (Lipinski definition) is 6. The van der Waals surface area contributed by atoms with Gasteiger partial charge in [0.15, 0.2) is 0 Å². The van der Waals surface area contributed by atoms with Crippen molar-refractivity contribution >= 4 is 29.1 Å². The molecule has 36 heavy (non-hydrogen) atoms. The smallest absolute Gasteiger partial charge is 0.259 e. The second kappa shape index (κ2) is 11.2. The van der Waals surface area contributed by atoms with Crippen molar-refractivity contribution in [2.75, 3.05) is 39.3 Å². The first-order valence-corrected chi connectivity index (χ1v) is 13.0. The van der Waals surface area contributed by atoms with Crippen LogP contribution in [-0.4, -0.2) is 72.4 Å². The number of carbonyl (C=O) groups excluding carboxylic acids is 1. The van der Waals surface area contributed by atoms with Gasteiger partial charge >= 0.3 is 0 Å². The highest BCUT2D eigenvalue weighted by Gasteiger charge is 2.32. The van der Waals surface area contributed by atoms with E-state index in [1.54, 1.807) is 19.1 Å². The second-order valence-corrected chi connectivity index (χ2v) is 10.1. The number of carbonyl (C=O) groups is 1. The molecule has 5 rings (SSSR count). The predicted molar refractivity (Wildman–Crippen MR) is 139 cm³/mol. The topological polar surface area (TPSA) is 68.0 Å². The van der Waals surface area contributed by atoms with Gasteiger partial charge in [-0.15, -0.1) is 0 Å². The van der Waals surface area contributed by atoms with Crippen LogP contribution in [0.15, 0.2) is 53.1 Å². The maximum absolute atomic E-state index is 13.5. The first-order chi connectivity index (χ1) is 17.5. The van der Waals surface area contributed by atoms with E-state index in [-0.39, 0.29) is 18.1 Å². The monoisotopic (exact) mass is 529 g/mol. The fourth-order valence-corrected chi connectivity index (χ4v) is 5.12. The van der Waals surface area contributed by atoms with Gasteiger partial charge in [0, 0.05) is 44.4 Å². The maximum atomic E-state index is 13.5. The van der Waals surface area contributed by atoms with E-state index < -0.39 is 0 Å². The Morgan fingerprint density at radius 2 is 1.86 bits per heavy atom. The highest BCUT2D eigenvalue weighted by Crippen LogP contribution is 2.29. The highest BCUT2D eigenvalue weighted by atomic mass is 35.5. The Morgan fingerprint density at radius 3 is 2.61 bits per heavy atom. The van der Waals surface area contributed by atoms with Crippen molar-refractivity contribution in [3.05, 3.63) is 69.9 Å². The molecular weight excluding hydrogens is 501 g/mol. The van der Waals surface area contributed by atoms with Gasteiger partial charge in [-0.3, -0.25) is 4.79 Å². The number of aromatic nitrogens is 1. The molecule has 9 heteroatoms. The summed E-state index contributed by atoms with van der Waals surface area (Å²) in [5.74, 6) is 1.21. The molecule has 2 aliphatic heterocycles. The zero-order chi connectivity index (χ0) is 25.1. The van der Waals surface area contributed by atoms with Crippen molar-refractivity contribution in [1.29, 1.82) is 0 Å². The average molecular weight is 530 g/mol. The molecule has 2 fully saturated rings. The highest BCUT2D eigenvalue weighted by molar-refractivity contribution is 6.42. The third kappa shape index (κ3) is 5.70. The minimum atomic E-state index is -0.0605. The van der Waals surface area contributed by atoms with Gasteiger partial charge in [-0.25, -0.2) is 0 Å². The molecule has 3 heterocycles. The second-order valence-electron chi connectivity index (χ2n) is 9.27. The average Bonchev–Trinajstić information content (AvgIpc) is 3.29. The number of halogens is 2. The molecule has 0 bridgehead atoms. The summed E-state index contributed by atoms with van der Waals surface area (Å²) in [5, 5.41) is 5.19. The minimum Gasteiger partial charge on any atom is -0.490 e. The molecule has 0 radical (unpaired) electrons. The summed E-state index contributed by atoms with van der Waals surface area (Å²) >= 11 is 12.1. The number of rotatable bonds is 6. The van der Waals surface area contributed by atoms with Crippen molar-refractivity contribution in [2.45, 2.75) is 32.0 Å². The van der Waals surface area contributed by atoms with E-state index in [2.05, 4.69) is 10.1 Å². The van der Waals surface area contributed by atoms with Crippen molar-refractivity contribution in [1.82, 2.24) is 15.0 Å². The SMILES string of the molecule is Cc1onc(-c2ccccc2)c1C(=O)N1CCOC(CN2CCC(Oc3ccc(Cl)c(Cl)c3)CC2)C1. The molecule has 2 aromatic carbocycles. The number of ether oxygens (including phenoxy) is 2. The summed E-state index contributed by atoms with van der Waals surface area (Å²) in [6.07, 6.45) is 1.92. The molecule has 0 spiro atoms. The molecule has 0 N–H and O–H groups in total. The zero-order valence-corrected chi connectivity index (χ0v) is 21.7. The van der Waals surface area contributed by atoms with Crippen molar-refractivity contribution in [3.8, 4) is 17.0 Å². The van der Waals surface area contributed by atoms with Gasteiger partial charge in [0.05, 0.1) is 22.8 Å². The number of benzene rings is 2. The maximum Gasteiger partial charge on any atom is 0.259 e. The molecule has 1 atom stereocenters. The van der Waals surface area contributed by atoms with Crippen LogP contribution in [0.5, 0.6) is 5.75 Å². The fraction of sp³-hybridized carbons (Fsp3) is 0.407. The number of morpholine rings is 1. The number of piperidine rings is 1. The van der Waals surface area contributed by atoms with Crippen LogP contribution in [0.3, 0.4) is 0 Å². The van der Waals surface area contributed by atoms with Gasteiger partial charge in [-0.2, -0.15) is 0 Å². The molecule has 0 saturated carbocycles. The summed E-state index contributed by atoms with van der Waals surface area (Å²) < 4.78 is 17.6. The quantitative estimate of drug-likeness (QED) is 0.429. The van der Waals surface area contributed by atoms with Crippen molar-refractivity contribution in [3.63, 3.8) is 0 Å². The van der Waals surface area contributed by atoms with Gasteiger partial charge in [-0.05, 0) is 31.9 Å². The molecular formula is C27H29Cl2N3O4. The Bertz CT molecular complexity index is 1190. The largest absolute Gasteiger partial charge is 0.490 e. The third-order valence-electron chi connectivity index (χ3n) is 6.74. The molecule has 190 valence electrons. The van der Waals surface area contributed by atoms with Crippen LogP contribution < -0.4 is 4.74 Å². The lowest BCUT2D eigenvalue weighted by Gasteiger charge is -2.38. The fourth-order valence-electron chi connectivity index (χ4n) is 4.83. The zero-order valence-electron chi connectivity index (χ0n) is 20.2. The minimum absolute atomic E-state index is 0.0458. The van der Waals surface area contributed by atoms with Gasteiger partial charge in [-0.1, -0.05) is 58.7 Å². The number of hydrogen-bond donors (Lipinski definition) is 0. The Labute approximate surface area is 220 Å². The van der Waals surface area contributed by atoms with Crippen molar-refractivity contribution < 1.29 is 18.8 Å². The van der Waals surface area contributed by atoms with E-state index in [9.17, 15) is 4.79 Å². The lowest BCUT2D eigenvalue weighted by atomic mass is 10.0. The van der Waals surface area contributed by atoms with Crippen LogP contribution in [0, 0.1) is 6.92 Å². The molecule has 3 aromatic rings. The molecule has 2 saturated heterocycles.